The number of fused-ring (bicyclic) bond motifs is 1. The van der Waals surface area contributed by atoms with Crippen molar-refractivity contribution in [3.8, 4) is 11.5 Å². The second-order valence-corrected chi connectivity index (χ2v) is 13.9. The number of primary amides is 2. The number of nitrogens with zero attached hydrogens (tertiary/aromatic N) is 8. The second-order valence-electron chi connectivity index (χ2n) is 13.9. The minimum absolute atomic E-state index is 0. The number of aromatic nitrogens is 8. The predicted octanol–water partition coefficient (Wildman–Crippen LogP) is 3.84. The molecule has 0 bridgehead atoms. The predicted molar refractivity (Wildman–Crippen MR) is 218 cm³/mol. The first kappa shape index (κ1) is 42.1. The normalized spacial score (nSPS) is 13.3. The average molecular weight is 834 g/mol. The molecule has 0 radical (unpaired) electrons. The van der Waals surface area contributed by atoms with E-state index in [-0.39, 0.29) is 73.1 Å². The Morgan fingerprint density at radius 3 is 2.22 bits per heavy atom. The van der Waals surface area contributed by atoms with Gasteiger partial charge in [-0.3, -0.25) is 39.2 Å². The lowest BCUT2D eigenvalue weighted by Gasteiger charge is -2.27. The van der Waals surface area contributed by atoms with Crippen LogP contribution in [-0.2, 0) is 19.6 Å². The highest BCUT2D eigenvalue weighted by atomic mass is 35.5. The van der Waals surface area contributed by atoms with Gasteiger partial charge in [-0.25, -0.2) is 14.4 Å². The third-order valence-electron chi connectivity index (χ3n) is 9.90. The Hall–Kier alpha value is -6.54. The summed E-state index contributed by atoms with van der Waals surface area (Å²) in [7, 11) is 0. The molecule has 0 unspecified atom stereocenters. The van der Waals surface area contributed by atoms with Crippen LogP contribution < -0.4 is 37.3 Å². The van der Waals surface area contributed by atoms with Crippen LogP contribution in [-0.4, -0.2) is 82.1 Å². The molecule has 1 aliphatic rings. The molecule has 21 heteroatoms. The smallest absolute Gasteiger partial charge is 0.279 e. The molecule has 6 aromatic rings. The number of ether oxygens (including phenoxy) is 2. The van der Waals surface area contributed by atoms with Crippen molar-refractivity contribution in [1.82, 2.24) is 38.7 Å². The Morgan fingerprint density at radius 2 is 1.54 bits per heavy atom. The Balaban J connectivity index is 0.00000585. The summed E-state index contributed by atoms with van der Waals surface area (Å²) < 4.78 is 33.9. The molecule has 1 aliphatic heterocycles. The van der Waals surface area contributed by atoms with E-state index in [9.17, 15) is 19.2 Å². The fourth-order valence-electron chi connectivity index (χ4n) is 7.21. The third kappa shape index (κ3) is 8.00. The summed E-state index contributed by atoms with van der Waals surface area (Å²) >= 11 is 0. The van der Waals surface area contributed by atoms with Crippen molar-refractivity contribution in [2.75, 3.05) is 30.4 Å². The van der Waals surface area contributed by atoms with E-state index < -0.39 is 35.5 Å². The van der Waals surface area contributed by atoms with E-state index in [0.29, 0.717) is 77.3 Å². The van der Waals surface area contributed by atoms with Crippen LogP contribution in [0.5, 0.6) is 11.5 Å². The fourth-order valence-corrected chi connectivity index (χ4v) is 7.21. The van der Waals surface area contributed by atoms with Gasteiger partial charge >= 0.3 is 0 Å². The van der Waals surface area contributed by atoms with Crippen LogP contribution in [0.25, 0.3) is 22.1 Å². The van der Waals surface area contributed by atoms with Crippen molar-refractivity contribution in [2.45, 2.75) is 72.6 Å². The molecular weight excluding hydrogens is 789 g/mol. The van der Waals surface area contributed by atoms with E-state index in [1.54, 1.807) is 39.8 Å². The number of rotatable bonds is 16. The summed E-state index contributed by atoms with van der Waals surface area (Å²) in [6.07, 6.45) is 1.42. The van der Waals surface area contributed by atoms with Gasteiger partial charge in [-0.15, -0.1) is 12.4 Å². The van der Waals surface area contributed by atoms with Crippen molar-refractivity contribution in [3.63, 3.8) is 0 Å². The van der Waals surface area contributed by atoms with Gasteiger partial charge in [0.05, 0.1) is 35.1 Å². The molecule has 312 valence electrons. The molecule has 0 saturated carbocycles. The van der Waals surface area contributed by atoms with Gasteiger partial charge in [0.1, 0.15) is 34.8 Å². The SMILES string of the molecule is CCn1nc(C)cc1C(=O)Nc1nc2cc(C(N)=O)cc(OCCCN)c2n1CCC[C@H]1COc2cc(C(N)=O)cc3nc(NC(=O)c4c(F)c(C)nn4CC)n1c23.Cl. The summed E-state index contributed by atoms with van der Waals surface area (Å²) in [5, 5.41) is 14.2. The molecule has 8 N–H and O–H groups in total. The minimum Gasteiger partial charge on any atom is -0.491 e. The number of hydrogen-bond donors (Lipinski definition) is 5. The average Bonchev–Trinajstić information content (AvgIpc) is 3.94. The van der Waals surface area contributed by atoms with E-state index in [1.165, 1.54) is 29.8 Å². The van der Waals surface area contributed by atoms with Crippen LogP contribution in [0.1, 0.15) is 92.2 Å². The lowest BCUT2D eigenvalue weighted by molar-refractivity contribution is 0.0991. The van der Waals surface area contributed by atoms with Crippen molar-refractivity contribution >= 4 is 70.0 Å². The molecule has 1 atom stereocenters. The zero-order chi connectivity index (χ0) is 41.4. The molecule has 0 fully saturated rings. The van der Waals surface area contributed by atoms with E-state index in [1.807, 2.05) is 6.92 Å². The standard InChI is InChI=1S/C38H44FN13O6.ClH/c1-5-50-26(13-19(3)47-50)35(55)45-37-43-24-14-21(33(41)53)16-27(57-12-8-10-40)30(24)49(37)11-7-9-23-18-58-28-17-22(34(42)54)15-25-31(28)52(23)38(44-25)46-36(56)32-29(39)20(4)48-51(32)6-2;/h13-17,23H,5-12,18,40H2,1-4H3,(H2,41,53)(H2,42,54)(H,43,45,55)(H,44,46,56);1H/t23-;/m0./s1. The fraction of sp³-hybridized carbons (Fsp3) is 0.368. The van der Waals surface area contributed by atoms with Gasteiger partial charge in [0, 0.05) is 30.8 Å². The number of benzene rings is 2. The van der Waals surface area contributed by atoms with Gasteiger partial charge in [-0.1, -0.05) is 0 Å². The van der Waals surface area contributed by atoms with Crippen molar-refractivity contribution in [3.05, 3.63) is 70.1 Å². The number of carbonyl (C=O) groups is 4. The molecule has 5 heterocycles. The lowest BCUT2D eigenvalue weighted by atomic mass is 10.1. The molecule has 0 saturated heterocycles. The molecule has 59 heavy (non-hydrogen) atoms. The number of halogens is 2. The van der Waals surface area contributed by atoms with Gasteiger partial charge in [0.2, 0.25) is 23.7 Å². The molecule has 7 rings (SSSR count). The van der Waals surface area contributed by atoms with Crippen LogP contribution in [0.4, 0.5) is 16.3 Å². The van der Waals surface area contributed by atoms with Crippen molar-refractivity contribution in [2.24, 2.45) is 17.2 Å². The zero-order valence-electron chi connectivity index (χ0n) is 32.9. The zero-order valence-corrected chi connectivity index (χ0v) is 33.7. The summed E-state index contributed by atoms with van der Waals surface area (Å²) in [5.74, 6) is -2.34. The van der Waals surface area contributed by atoms with Gasteiger partial charge in [-0.2, -0.15) is 10.2 Å². The summed E-state index contributed by atoms with van der Waals surface area (Å²) in [6, 6.07) is 7.36. The highest BCUT2D eigenvalue weighted by Crippen LogP contribution is 2.39. The minimum atomic E-state index is -0.754. The quantitative estimate of drug-likeness (QED) is 0.0875. The Labute approximate surface area is 342 Å². The maximum atomic E-state index is 15.2. The summed E-state index contributed by atoms with van der Waals surface area (Å²) in [5.41, 5.74) is 19.9. The van der Waals surface area contributed by atoms with E-state index in [4.69, 9.17) is 31.7 Å². The molecule has 0 spiro atoms. The van der Waals surface area contributed by atoms with Gasteiger partial charge in [0.15, 0.2) is 11.5 Å². The van der Waals surface area contributed by atoms with Crippen LogP contribution >= 0.6 is 12.4 Å². The molecule has 19 nitrogen and oxygen atoms in total. The van der Waals surface area contributed by atoms with Crippen LogP contribution in [0.3, 0.4) is 0 Å². The Bertz CT molecular complexity index is 2610. The number of aryl methyl sites for hydroxylation is 5. The number of carbonyl (C=O) groups excluding carboxylic acids is 4. The highest BCUT2D eigenvalue weighted by molar-refractivity contribution is 6.05. The highest BCUT2D eigenvalue weighted by Gasteiger charge is 2.31. The Morgan fingerprint density at radius 1 is 0.881 bits per heavy atom. The molecular formula is C38H45ClFN13O6. The van der Waals surface area contributed by atoms with Crippen LogP contribution in [0, 0.1) is 19.7 Å². The number of nitrogens with one attached hydrogen (secondary N) is 2. The van der Waals surface area contributed by atoms with Crippen LogP contribution in [0.2, 0.25) is 0 Å². The van der Waals surface area contributed by atoms with E-state index in [2.05, 4.69) is 25.8 Å². The monoisotopic (exact) mass is 833 g/mol. The van der Waals surface area contributed by atoms with Crippen molar-refractivity contribution in [1.29, 1.82) is 0 Å². The largest absolute Gasteiger partial charge is 0.491 e. The molecule has 4 aromatic heterocycles. The van der Waals surface area contributed by atoms with Gasteiger partial charge in [-0.05, 0) is 83.8 Å². The number of anilines is 2. The second kappa shape index (κ2) is 17.1. The number of nitrogens with two attached hydrogens (primary N) is 3. The van der Waals surface area contributed by atoms with Gasteiger partial charge < -0.3 is 35.8 Å². The summed E-state index contributed by atoms with van der Waals surface area (Å²) in [6.45, 7) is 8.64. The first-order valence-corrected chi connectivity index (χ1v) is 18.9. The number of amides is 4. The molecule has 4 amide bonds. The number of imidazole rings is 2. The lowest BCUT2D eigenvalue weighted by Crippen LogP contribution is -2.27. The number of hydrogen-bond acceptors (Lipinski definition) is 11. The first-order chi connectivity index (χ1) is 27.8. The molecule has 0 aliphatic carbocycles. The summed E-state index contributed by atoms with van der Waals surface area (Å²) in [4.78, 5) is 61.3. The van der Waals surface area contributed by atoms with Gasteiger partial charge in [0.25, 0.3) is 11.8 Å². The maximum absolute atomic E-state index is 15.2. The Kier molecular flexibility index (Phi) is 12.2. The first-order valence-electron chi connectivity index (χ1n) is 18.9. The topological polar surface area (TPSA) is 260 Å². The van der Waals surface area contributed by atoms with E-state index >= 15 is 4.39 Å². The maximum Gasteiger partial charge on any atom is 0.279 e. The van der Waals surface area contributed by atoms with Crippen LogP contribution in [0.15, 0.2) is 30.3 Å². The van der Waals surface area contributed by atoms with Crippen molar-refractivity contribution < 1.29 is 33.0 Å². The molecule has 2 aromatic carbocycles. The van der Waals surface area contributed by atoms with E-state index in [0.717, 1.165) is 0 Å². The third-order valence-corrected chi connectivity index (χ3v) is 9.90.